The number of sulfonamides is 1. The number of carbonyl (C=O) groups is 2. The summed E-state index contributed by atoms with van der Waals surface area (Å²) in [5.74, 6) is -2.03. The standard InChI is InChI=1S/C17H17FN2O6S/c18-13-4-1-2-6-15(13)27(23,24)20-9-7-19(8-10-20)16(21)12-26-17(22)14-5-3-11-25-14/h1-6,11H,7-10,12H2. The van der Waals surface area contributed by atoms with Crippen molar-refractivity contribution in [2.24, 2.45) is 0 Å². The topological polar surface area (TPSA) is 97.1 Å². The van der Waals surface area contributed by atoms with Crippen molar-refractivity contribution in [2.75, 3.05) is 32.8 Å². The summed E-state index contributed by atoms with van der Waals surface area (Å²) in [6.45, 7) is -0.196. The zero-order chi connectivity index (χ0) is 19.4. The average Bonchev–Trinajstić information content (AvgIpc) is 3.21. The Hall–Kier alpha value is -2.72. The number of amides is 1. The lowest BCUT2D eigenvalue weighted by atomic mass is 10.3. The first-order chi connectivity index (χ1) is 12.9. The fourth-order valence-corrected chi connectivity index (χ4v) is 4.14. The molecular formula is C17H17FN2O6S. The van der Waals surface area contributed by atoms with Crippen LogP contribution in [-0.4, -0.2) is 62.3 Å². The van der Waals surface area contributed by atoms with Gasteiger partial charge in [0, 0.05) is 26.2 Å². The number of rotatable bonds is 5. The van der Waals surface area contributed by atoms with Crippen LogP contribution in [0.1, 0.15) is 10.6 Å². The van der Waals surface area contributed by atoms with Crippen molar-refractivity contribution in [3.63, 3.8) is 0 Å². The predicted octanol–water partition coefficient (Wildman–Crippen LogP) is 1.11. The molecule has 8 nitrogen and oxygen atoms in total. The second-order valence-electron chi connectivity index (χ2n) is 5.77. The zero-order valence-electron chi connectivity index (χ0n) is 14.2. The van der Waals surface area contributed by atoms with Gasteiger partial charge in [0.05, 0.1) is 6.26 Å². The summed E-state index contributed by atoms with van der Waals surface area (Å²) in [6.07, 6.45) is 1.31. The van der Waals surface area contributed by atoms with Crippen LogP contribution >= 0.6 is 0 Å². The zero-order valence-corrected chi connectivity index (χ0v) is 15.0. The molecule has 1 aromatic carbocycles. The number of nitrogens with zero attached hydrogens (tertiary/aromatic N) is 2. The minimum absolute atomic E-state index is 0.0106. The van der Waals surface area contributed by atoms with E-state index in [1.165, 1.54) is 41.5 Å². The normalized spacial score (nSPS) is 15.5. The first-order valence-electron chi connectivity index (χ1n) is 8.12. The van der Waals surface area contributed by atoms with Gasteiger partial charge in [-0.15, -0.1) is 0 Å². The van der Waals surface area contributed by atoms with E-state index < -0.39 is 39.2 Å². The number of benzene rings is 1. The van der Waals surface area contributed by atoms with Crippen LogP contribution in [0, 0.1) is 5.82 Å². The summed E-state index contributed by atoms with van der Waals surface area (Å²) in [7, 11) is -3.97. The van der Waals surface area contributed by atoms with Crippen LogP contribution < -0.4 is 0 Å². The van der Waals surface area contributed by atoms with Crippen molar-refractivity contribution in [2.45, 2.75) is 4.90 Å². The van der Waals surface area contributed by atoms with E-state index >= 15 is 0 Å². The molecule has 1 aromatic heterocycles. The van der Waals surface area contributed by atoms with Crippen LogP contribution in [0.2, 0.25) is 0 Å². The highest BCUT2D eigenvalue weighted by molar-refractivity contribution is 7.89. The van der Waals surface area contributed by atoms with Gasteiger partial charge >= 0.3 is 5.97 Å². The van der Waals surface area contributed by atoms with Crippen molar-refractivity contribution in [3.05, 3.63) is 54.2 Å². The summed E-state index contributed by atoms with van der Waals surface area (Å²) in [6, 6.07) is 8.08. The van der Waals surface area contributed by atoms with E-state index in [1.807, 2.05) is 0 Å². The lowest BCUT2D eigenvalue weighted by molar-refractivity contribution is -0.135. The van der Waals surface area contributed by atoms with Gasteiger partial charge < -0.3 is 14.1 Å². The van der Waals surface area contributed by atoms with Gasteiger partial charge in [-0.25, -0.2) is 17.6 Å². The number of hydrogen-bond acceptors (Lipinski definition) is 6. The third-order valence-electron chi connectivity index (χ3n) is 4.09. The number of esters is 1. The largest absolute Gasteiger partial charge is 0.457 e. The Bertz CT molecular complexity index is 921. The highest BCUT2D eigenvalue weighted by Crippen LogP contribution is 2.20. The molecule has 0 bridgehead atoms. The van der Waals surface area contributed by atoms with Gasteiger partial charge in [-0.2, -0.15) is 4.31 Å². The lowest BCUT2D eigenvalue weighted by Gasteiger charge is -2.33. The minimum Gasteiger partial charge on any atom is -0.457 e. The molecule has 1 aliphatic rings. The first kappa shape index (κ1) is 19.1. The number of furan rings is 1. The predicted molar refractivity (Wildman–Crippen MR) is 90.7 cm³/mol. The molecule has 1 aliphatic heterocycles. The molecule has 0 N–H and O–H groups in total. The van der Waals surface area contributed by atoms with Gasteiger partial charge in [0.1, 0.15) is 10.7 Å². The number of piperazine rings is 1. The van der Waals surface area contributed by atoms with Crippen LogP contribution in [0.4, 0.5) is 4.39 Å². The van der Waals surface area contributed by atoms with Crippen LogP contribution in [0.5, 0.6) is 0 Å². The average molecular weight is 396 g/mol. The highest BCUT2D eigenvalue weighted by Gasteiger charge is 2.32. The molecule has 0 saturated carbocycles. The molecule has 0 unspecified atom stereocenters. The SMILES string of the molecule is O=C(OCC(=O)N1CCN(S(=O)(=O)c2ccccc2F)CC1)c1ccco1. The first-order valence-corrected chi connectivity index (χ1v) is 9.56. The van der Waals surface area contributed by atoms with E-state index in [9.17, 15) is 22.4 Å². The Morgan fingerprint density at radius 3 is 2.41 bits per heavy atom. The third-order valence-corrected chi connectivity index (χ3v) is 6.03. The van der Waals surface area contributed by atoms with E-state index in [4.69, 9.17) is 9.15 Å². The van der Waals surface area contributed by atoms with Crippen LogP contribution in [0.15, 0.2) is 52.0 Å². The molecule has 1 saturated heterocycles. The molecule has 144 valence electrons. The molecule has 10 heteroatoms. The Morgan fingerprint density at radius 1 is 1.07 bits per heavy atom. The van der Waals surface area contributed by atoms with Gasteiger partial charge in [-0.05, 0) is 24.3 Å². The van der Waals surface area contributed by atoms with Gasteiger partial charge in [-0.3, -0.25) is 4.79 Å². The summed E-state index contributed by atoms with van der Waals surface area (Å²) in [4.78, 5) is 24.8. The van der Waals surface area contributed by atoms with Crippen LogP contribution in [-0.2, 0) is 19.6 Å². The molecule has 0 spiro atoms. The fourth-order valence-electron chi connectivity index (χ4n) is 2.66. The van der Waals surface area contributed by atoms with Crippen molar-refractivity contribution in [1.82, 2.24) is 9.21 Å². The maximum atomic E-state index is 13.8. The maximum absolute atomic E-state index is 13.8. The number of ether oxygens (including phenoxy) is 1. The second-order valence-corrected chi connectivity index (χ2v) is 7.68. The van der Waals surface area contributed by atoms with E-state index in [1.54, 1.807) is 0 Å². The van der Waals surface area contributed by atoms with Crippen molar-refractivity contribution < 1.29 is 31.6 Å². The molecular weight excluding hydrogens is 379 g/mol. The molecule has 0 atom stereocenters. The summed E-state index contributed by atoms with van der Waals surface area (Å²) >= 11 is 0. The monoisotopic (exact) mass is 396 g/mol. The smallest absolute Gasteiger partial charge is 0.374 e. The van der Waals surface area contributed by atoms with E-state index in [0.717, 1.165) is 10.4 Å². The Morgan fingerprint density at radius 2 is 1.78 bits per heavy atom. The third kappa shape index (κ3) is 4.17. The number of halogens is 1. The van der Waals surface area contributed by atoms with E-state index in [2.05, 4.69) is 0 Å². The molecule has 2 heterocycles. The summed E-state index contributed by atoms with van der Waals surface area (Å²) in [5, 5.41) is 0. The quantitative estimate of drug-likeness (QED) is 0.703. The maximum Gasteiger partial charge on any atom is 0.374 e. The van der Waals surface area contributed by atoms with Gasteiger partial charge in [-0.1, -0.05) is 12.1 Å². The second kappa shape index (κ2) is 7.89. The highest BCUT2D eigenvalue weighted by atomic mass is 32.2. The van der Waals surface area contributed by atoms with Crippen LogP contribution in [0.3, 0.4) is 0 Å². The Kier molecular flexibility index (Phi) is 5.57. The van der Waals surface area contributed by atoms with Crippen LogP contribution in [0.25, 0.3) is 0 Å². The summed E-state index contributed by atoms with van der Waals surface area (Å²) in [5.41, 5.74) is 0. The van der Waals surface area contributed by atoms with Crippen molar-refractivity contribution >= 4 is 21.9 Å². The Balaban J connectivity index is 1.55. The minimum atomic E-state index is -3.97. The molecule has 1 amide bonds. The molecule has 27 heavy (non-hydrogen) atoms. The molecule has 0 radical (unpaired) electrons. The Labute approximate surface area is 155 Å². The van der Waals surface area contributed by atoms with E-state index in [0.29, 0.717) is 0 Å². The lowest BCUT2D eigenvalue weighted by Crippen LogP contribution is -2.51. The number of hydrogen-bond donors (Lipinski definition) is 0. The van der Waals surface area contributed by atoms with E-state index in [-0.39, 0.29) is 31.9 Å². The van der Waals surface area contributed by atoms with Gasteiger partial charge in [0.2, 0.25) is 15.8 Å². The van der Waals surface area contributed by atoms with Gasteiger partial charge in [0.25, 0.3) is 5.91 Å². The summed E-state index contributed by atoms with van der Waals surface area (Å²) < 4.78 is 49.8. The molecule has 0 aliphatic carbocycles. The fraction of sp³-hybridized carbons (Fsp3) is 0.294. The molecule has 1 fully saturated rings. The number of carbonyl (C=O) groups excluding carboxylic acids is 2. The molecule has 3 rings (SSSR count). The van der Waals surface area contributed by atoms with Crippen molar-refractivity contribution in [1.29, 1.82) is 0 Å². The molecule has 2 aromatic rings. The van der Waals surface area contributed by atoms with Crippen molar-refractivity contribution in [3.8, 4) is 0 Å². The van der Waals surface area contributed by atoms with Gasteiger partial charge in [0.15, 0.2) is 6.61 Å².